The Kier molecular flexibility index (Phi) is 4.75. The minimum Gasteiger partial charge on any atom is -0.423 e. The van der Waals surface area contributed by atoms with Crippen LogP contribution in [0.2, 0.25) is 0 Å². The molecule has 4 heteroatoms. The average Bonchev–Trinajstić information content (AvgIpc) is 2.61. The van der Waals surface area contributed by atoms with Crippen LogP contribution in [0.15, 0.2) is 57.7 Å². The summed E-state index contributed by atoms with van der Waals surface area (Å²) in [5.74, 6) is 0. The van der Waals surface area contributed by atoms with Crippen molar-refractivity contribution >= 4 is 16.7 Å². The molecular formula is C23H26N2O2. The maximum absolute atomic E-state index is 12.0. The number of nitrogens with zero attached hydrogens (tertiary/aromatic N) is 2. The molecule has 2 heterocycles. The average molecular weight is 362 g/mol. The second kappa shape index (κ2) is 7.20. The monoisotopic (exact) mass is 362 g/mol. The fourth-order valence-corrected chi connectivity index (χ4v) is 4.08. The van der Waals surface area contributed by atoms with Gasteiger partial charge < -0.3 is 9.32 Å². The number of benzene rings is 2. The van der Waals surface area contributed by atoms with Crippen LogP contribution >= 0.6 is 0 Å². The predicted octanol–water partition coefficient (Wildman–Crippen LogP) is 4.12. The Hall–Kier alpha value is -2.59. The molecule has 0 bridgehead atoms. The number of fused-ring (bicyclic) bond motifs is 1. The largest absolute Gasteiger partial charge is 0.423 e. The molecular weight excluding hydrogens is 336 g/mol. The van der Waals surface area contributed by atoms with Gasteiger partial charge in [-0.25, -0.2) is 4.79 Å². The maximum atomic E-state index is 12.0. The Morgan fingerprint density at radius 1 is 1.04 bits per heavy atom. The van der Waals surface area contributed by atoms with Gasteiger partial charge in [-0.3, -0.25) is 4.90 Å². The normalized spacial score (nSPS) is 18.2. The summed E-state index contributed by atoms with van der Waals surface area (Å²) in [6.07, 6.45) is 0. The number of hydrogen-bond acceptors (Lipinski definition) is 4. The Morgan fingerprint density at radius 3 is 2.63 bits per heavy atom. The number of hydrogen-bond donors (Lipinski definition) is 0. The number of piperazine rings is 1. The smallest absolute Gasteiger partial charge is 0.336 e. The zero-order valence-electron chi connectivity index (χ0n) is 16.2. The van der Waals surface area contributed by atoms with Crippen molar-refractivity contribution in [2.45, 2.75) is 33.4 Å². The molecule has 140 valence electrons. The summed E-state index contributed by atoms with van der Waals surface area (Å²) >= 11 is 0. The third-order valence-electron chi connectivity index (χ3n) is 5.42. The topological polar surface area (TPSA) is 36.7 Å². The van der Waals surface area contributed by atoms with Gasteiger partial charge in [0.05, 0.1) is 0 Å². The van der Waals surface area contributed by atoms with E-state index in [1.165, 1.54) is 11.3 Å². The molecule has 1 aliphatic heterocycles. The third-order valence-corrected chi connectivity index (χ3v) is 5.42. The van der Waals surface area contributed by atoms with Crippen molar-refractivity contribution in [3.63, 3.8) is 0 Å². The van der Waals surface area contributed by atoms with Crippen molar-refractivity contribution < 1.29 is 4.42 Å². The molecule has 0 amide bonds. The highest BCUT2D eigenvalue weighted by atomic mass is 16.4. The quantitative estimate of drug-likeness (QED) is 0.657. The van der Waals surface area contributed by atoms with E-state index in [-0.39, 0.29) is 5.63 Å². The van der Waals surface area contributed by atoms with Crippen LogP contribution in [0.3, 0.4) is 0 Å². The lowest BCUT2D eigenvalue weighted by atomic mass is 10.1. The van der Waals surface area contributed by atoms with Gasteiger partial charge in [-0.2, -0.15) is 0 Å². The summed E-state index contributed by atoms with van der Waals surface area (Å²) in [7, 11) is 0. The van der Waals surface area contributed by atoms with E-state index in [1.54, 1.807) is 6.07 Å². The van der Waals surface area contributed by atoms with Gasteiger partial charge >= 0.3 is 5.63 Å². The summed E-state index contributed by atoms with van der Waals surface area (Å²) in [6.45, 7) is 10.1. The molecule has 4 rings (SSSR count). The van der Waals surface area contributed by atoms with Crippen LogP contribution in [0.25, 0.3) is 11.0 Å². The summed E-state index contributed by atoms with van der Waals surface area (Å²) in [5.41, 5.74) is 5.16. The van der Waals surface area contributed by atoms with Crippen LogP contribution < -0.4 is 10.5 Å². The van der Waals surface area contributed by atoms with Gasteiger partial charge in [0.25, 0.3) is 0 Å². The van der Waals surface area contributed by atoms with Crippen LogP contribution in [0.1, 0.15) is 23.6 Å². The first-order valence-corrected chi connectivity index (χ1v) is 9.58. The van der Waals surface area contributed by atoms with Crippen molar-refractivity contribution in [3.8, 4) is 0 Å². The van der Waals surface area contributed by atoms with Crippen molar-refractivity contribution in [1.82, 2.24) is 4.90 Å². The van der Waals surface area contributed by atoms with E-state index >= 15 is 0 Å². The van der Waals surface area contributed by atoms with Crippen molar-refractivity contribution in [2.75, 3.05) is 24.5 Å². The van der Waals surface area contributed by atoms with Crippen molar-refractivity contribution in [1.29, 1.82) is 0 Å². The zero-order valence-corrected chi connectivity index (χ0v) is 16.2. The molecule has 1 aliphatic rings. The molecule has 0 aliphatic carbocycles. The fraction of sp³-hybridized carbons (Fsp3) is 0.348. The first-order chi connectivity index (χ1) is 13.0. The van der Waals surface area contributed by atoms with Gasteiger partial charge in [0.15, 0.2) is 0 Å². The van der Waals surface area contributed by atoms with Crippen LogP contribution in [0.5, 0.6) is 0 Å². The summed E-state index contributed by atoms with van der Waals surface area (Å²) in [5, 5.41) is 1.04. The van der Waals surface area contributed by atoms with Gasteiger partial charge in [0.2, 0.25) is 0 Å². The van der Waals surface area contributed by atoms with Crippen LogP contribution in [-0.2, 0) is 6.54 Å². The van der Waals surface area contributed by atoms with Gasteiger partial charge in [0.1, 0.15) is 5.58 Å². The van der Waals surface area contributed by atoms with Crippen LogP contribution in [0.4, 0.5) is 5.69 Å². The third kappa shape index (κ3) is 3.76. The van der Waals surface area contributed by atoms with Crippen LogP contribution in [-0.4, -0.2) is 30.6 Å². The lowest BCUT2D eigenvalue weighted by Gasteiger charge is -2.41. The molecule has 0 spiro atoms. The highest BCUT2D eigenvalue weighted by molar-refractivity contribution is 5.80. The van der Waals surface area contributed by atoms with Gasteiger partial charge in [0, 0.05) is 49.4 Å². The number of rotatable bonds is 3. The summed E-state index contributed by atoms with van der Waals surface area (Å²) in [6, 6.07) is 16.9. The molecule has 0 radical (unpaired) electrons. The minimum atomic E-state index is -0.269. The highest BCUT2D eigenvalue weighted by Gasteiger charge is 2.24. The summed E-state index contributed by atoms with van der Waals surface area (Å²) in [4.78, 5) is 16.9. The second-order valence-corrected chi connectivity index (χ2v) is 7.71. The molecule has 3 aromatic rings. The van der Waals surface area contributed by atoms with E-state index in [9.17, 15) is 4.79 Å². The maximum Gasteiger partial charge on any atom is 0.336 e. The molecule has 1 atom stereocenters. The lowest BCUT2D eigenvalue weighted by Crippen LogP contribution is -2.51. The standard InChI is InChI=1S/C23H26N2O2/c1-16-5-4-6-20(11-16)25-10-9-24(14-18(25)3)15-19-13-23(26)27-22-12-17(2)7-8-21(19)22/h4-8,11-13,18H,9-10,14-15H2,1-3H3/t18-/m0/s1. The van der Waals surface area contributed by atoms with E-state index in [0.717, 1.165) is 42.7 Å². The van der Waals surface area contributed by atoms with E-state index in [1.807, 2.05) is 13.0 Å². The number of anilines is 1. The van der Waals surface area contributed by atoms with E-state index < -0.39 is 0 Å². The Balaban J connectivity index is 1.54. The second-order valence-electron chi connectivity index (χ2n) is 7.71. The molecule has 0 unspecified atom stereocenters. The Bertz CT molecular complexity index is 1020. The molecule has 4 nitrogen and oxygen atoms in total. The van der Waals surface area contributed by atoms with E-state index in [4.69, 9.17) is 4.42 Å². The minimum absolute atomic E-state index is 0.269. The number of aryl methyl sites for hydroxylation is 2. The van der Waals surface area contributed by atoms with Crippen molar-refractivity contribution in [2.24, 2.45) is 0 Å². The molecule has 2 aromatic carbocycles. The summed E-state index contributed by atoms with van der Waals surface area (Å²) < 4.78 is 5.40. The Labute approximate surface area is 160 Å². The van der Waals surface area contributed by atoms with E-state index in [2.05, 4.69) is 60.0 Å². The molecule has 1 fully saturated rings. The van der Waals surface area contributed by atoms with E-state index in [0.29, 0.717) is 11.6 Å². The molecule has 1 aromatic heterocycles. The zero-order chi connectivity index (χ0) is 19.0. The molecule has 0 saturated carbocycles. The van der Waals surface area contributed by atoms with Gasteiger partial charge in [-0.15, -0.1) is 0 Å². The van der Waals surface area contributed by atoms with Crippen molar-refractivity contribution in [3.05, 3.63) is 75.6 Å². The first kappa shape index (κ1) is 17.8. The SMILES string of the molecule is Cc1cccc(N2CCN(Cc3cc(=O)oc4cc(C)ccc34)C[C@@H]2C)c1. The highest BCUT2D eigenvalue weighted by Crippen LogP contribution is 2.24. The predicted molar refractivity (Wildman–Crippen MR) is 110 cm³/mol. The molecule has 27 heavy (non-hydrogen) atoms. The van der Waals surface area contributed by atoms with Gasteiger partial charge in [-0.05, 0) is 55.7 Å². The van der Waals surface area contributed by atoms with Gasteiger partial charge in [-0.1, -0.05) is 24.3 Å². The lowest BCUT2D eigenvalue weighted by molar-refractivity contribution is 0.221. The first-order valence-electron chi connectivity index (χ1n) is 9.58. The molecule has 1 saturated heterocycles. The molecule has 0 N–H and O–H groups in total. The van der Waals surface area contributed by atoms with Crippen LogP contribution in [0, 0.1) is 13.8 Å². The Morgan fingerprint density at radius 2 is 1.85 bits per heavy atom. The fourth-order valence-electron chi connectivity index (χ4n) is 4.08.